The summed E-state index contributed by atoms with van der Waals surface area (Å²) in [5.41, 5.74) is 1.02. The molecule has 1 aliphatic heterocycles. The second-order valence-electron chi connectivity index (χ2n) is 2.17. The lowest BCUT2D eigenvalue weighted by Crippen LogP contribution is -2.17. The van der Waals surface area contributed by atoms with Crippen LogP contribution in [0.3, 0.4) is 0 Å². The summed E-state index contributed by atoms with van der Waals surface area (Å²) in [4.78, 5) is 11.7. The van der Waals surface area contributed by atoms with Crippen molar-refractivity contribution < 1.29 is 4.79 Å². The monoisotopic (exact) mass is 173 g/mol. The van der Waals surface area contributed by atoms with Gasteiger partial charge in [0.1, 0.15) is 4.32 Å². The zero-order valence-electron chi connectivity index (χ0n) is 5.72. The molecule has 0 radical (unpaired) electrons. The first kappa shape index (κ1) is 7.75. The lowest BCUT2D eigenvalue weighted by Gasteiger charge is -1.91. The van der Waals surface area contributed by atoms with Gasteiger partial charge in [-0.3, -0.25) is 4.79 Å². The quantitative estimate of drug-likeness (QED) is 0.444. The highest BCUT2D eigenvalue weighted by molar-refractivity contribution is 8.26. The molecule has 0 aliphatic carbocycles. The Morgan fingerprint density at radius 1 is 1.60 bits per heavy atom. The van der Waals surface area contributed by atoms with E-state index in [1.165, 1.54) is 11.8 Å². The third-order valence-corrected chi connectivity index (χ3v) is 2.51. The van der Waals surface area contributed by atoms with E-state index in [0.717, 1.165) is 10.5 Å². The van der Waals surface area contributed by atoms with E-state index >= 15 is 0 Å². The van der Waals surface area contributed by atoms with E-state index in [4.69, 9.17) is 12.2 Å². The van der Waals surface area contributed by atoms with E-state index in [0.29, 0.717) is 4.32 Å². The Kier molecular flexibility index (Phi) is 2.11. The molecule has 0 atom stereocenters. The molecule has 0 aromatic carbocycles. The smallest absolute Gasteiger partial charge is 0.263 e. The number of hydrogen-bond acceptors (Lipinski definition) is 3. The lowest BCUT2D eigenvalue weighted by molar-refractivity contribution is -0.115. The van der Waals surface area contributed by atoms with Crippen LogP contribution < -0.4 is 5.32 Å². The van der Waals surface area contributed by atoms with E-state index in [9.17, 15) is 4.79 Å². The summed E-state index contributed by atoms with van der Waals surface area (Å²) in [5, 5.41) is 2.55. The standard InChI is InChI=1S/C6H7NOS2/c1-3(2)4-5(8)7-6(9)10-4/h1-2H3,(H,7,8,9). The van der Waals surface area contributed by atoms with Gasteiger partial charge in [0, 0.05) is 0 Å². The molecule has 0 spiro atoms. The van der Waals surface area contributed by atoms with Crippen LogP contribution in [-0.2, 0) is 4.79 Å². The molecule has 1 heterocycles. The molecule has 54 valence electrons. The molecule has 10 heavy (non-hydrogen) atoms. The Morgan fingerprint density at radius 3 is 2.40 bits per heavy atom. The predicted octanol–water partition coefficient (Wildman–Crippen LogP) is 1.43. The Hall–Kier alpha value is -0.350. The third kappa shape index (κ3) is 1.38. The fourth-order valence-corrected chi connectivity index (χ4v) is 1.66. The number of carbonyl (C=O) groups is 1. The number of thioether (sulfide) groups is 1. The molecule has 2 nitrogen and oxygen atoms in total. The summed E-state index contributed by atoms with van der Waals surface area (Å²) in [7, 11) is 0. The lowest BCUT2D eigenvalue weighted by atomic mass is 10.3. The highest BCUT2D eigenvalue weighted by atomic mass is 32.2. The number of rotatable bonds is 0. The van der Waals surface area contributed by atoms with Crippen LogP contribution in [0.5, 0.6) is 0 Å². The molecule has 1 amide bonds. The summed E-state index contributed by atoms with van der Waals surface area (Å²) >= 11 is 6.12. The van der Waals surface area contributed by atoms with Crippen LogP contribution in [0.2, 0.25) is 0 Å². The highest BCUT2D eigenvalue weighted by Gasteiger charge is 2.22. The van der Waals surface area contributed by atoms with Crippen molar-refractivity contribution in [2.24, 2.45) is 0 Å². The summed E-state index contributed by atoms with van der Waals surface area (Å²) in [6, 6.07) is 0. The van der Waals surface area contributed by atoms with Gasteiger partial charge in [-0.1, -0.05) is 29.6 Å². The first-order valence-corrected chi connectivity index (χ1v) is 4.04. The minimum absolute atomic E-state index is 0.0602. The molecule has 0 saturated carbocycles. The van der Waals surface area contributed by atoms with Gasteiger partial charge in [0.15, 0.2) is 0 Å². The van der Waals surface area contributed by atoms with Crippen molar-refractivity contribution in [3.8, 4) is 0 Å². The van der Waals surface area contributed by atoms with Crippen molar-refractivity contribution in [1.82, 2.24) is 5.32 Å². The fraction of sp³-hybridized carbons (Fsp3) is 0.333. The second-order valence-corrected chi connectivity index (χ2v) is 3.86. The minimum Gasteiger partial charge on any atom is -0.307 e. The number of thiocarbonyl (C=S) groups is 1. The number of nitrogens with one attached hydrogen (secondary N) is 1. The van der Waals surface area contributed by atoms with Gasteiger partial charge in [-0.05, 0) is 13.8 Å². The molecule has 1 saturated heterocycles. The molecular formula is C6H7NOS2. The fourth-order valence-electron chi connectivity index (χ4n) is 0.643. The molecular weight excluding hydrogens is 166 g/mol. The van der Waals surface area contributed by atoms with Crippen LogP contribution >= 0.6 is 24.0 Å². The van der Waals surface area contributed by atoms with Crippen molar-refractivity contribution in [3.05, 3.63) is 10.5 Å². The van der Waals surface area contributed by atoms with Crippen LogP contribution in [0.4, 0.5) is 0 Å². The summed E-state index contributed by atoms with van der Waals surface area (Å²) < 4.78 is 0.557. The predicted molar refractivity (Wildman–Crippen MR) is 46.7 cm³/mol. The molecule has 1 N–H and O–H groups in total. The minimum atomic E-state index is -0.0602. The summed E-state index contributed by atoms with van der Waals surface area (Å²) in [6.07, 6.45) is 0. The van der Waals surface area contributed by atoms with Crippen molar-refractivity contribution in [3.63, 3.8) is 0 Å². The Labute approximate surface area is 69.1 Å². The van der Waals surface area contributed by atoms with E-state index in [1.807, 2.05) is 13.8 Å². The third-order valence-electron chi connectivity index (χ3n) is 1.07. The first-order chi connectivity index (χ1) is 4.61. The van der Waals surface area contributed by atoms with Gasteiger partial charge in [-0.2, -0.15) is 0 Å². The molecule has 0 aromatic rings. The van der Waals surface area contributed by atoms with Crippen molar-refractivity contribution in [2.75, 3.05) is 0 Å². The Morgan fingerprint density at radius 2 is 2.20 bits per heavy atom. The van der Waals surface area contributed by atoms with Gasteiger partial charge in [0.05, 0.1) is 4.91 Å². The maximum Gasteiger partial charge on any atom is 0.263 e. The van der Waals surface area contributed by atoms with E-state index in [2.05, 4.69) is 5.32 Å². The molecule has 1 rings (SSSR count). The van der Waals surface area contributed by atoms with Gasteiger partial charge in [-0.25, -0.2) is 0 Å². The largest absolute Gasteiger partial charge is 0.307 e. The molecule has 1 fully saturated rings. The number of allylic oxidation sites excluding steroid dienone is 1. The SMILES string of the molecule is CC(C)=C1SC(=S)NC1=O. The molecule has 1 aliphatic rings. The van der Waals surface area contributed by atoms with Gasteiger partial charge in [-0.15, -0.1) is 0 Å². The average Bonchev–Trinajstić information content (AvgIpc) is 2.10. The van der Waals surface area contributed by atoms with Gasteiger partial charge >= 0.3 is 0 Å². The Bertz CT molecular complexity index is 228. The highest BCUT2D eigenvalue weighted by Crippen LogP contribution is 2.25. The topological polar surface area (TPSA) is 29.1 Å². The van der Waals surface area contributed by atoms with Crippen LogP contribution in [0, 0.1) is 0 Å². The van der Waals surface area contributed by atoms with Crippen molar-refractivity contribution in [2.45, 2.75) is 13.8 Å². The van der Waals surface area contributed by atoms with Crippen molar-refractivity contribution in [1.29, 1.82) is 0 Å². The first-order valence-electron chi connectivity index (χ1n) is 2.82. The number of amides is 1. The van der Waals surface area contributed by atoms with Crippen LogP contribution in [-0.4, -0.2) is 10.2 Å². The van der Waals surface area contributed by atoms with Crippen LogP contribution in [0.15, 0.2) is 10.5 Å². The van der Waals surface area contributed by atoms with Gasteiger partial charge < -0.3 is 5.32 Å². The van der Waals surface area contributed by atoms with Gasteiger partial charge in [0.2, 0.25) is 0 Å². The second kappa shape index (κ2) is 2.72. The number of carbonyl (C=O) groups excluding carboxylic acids is 1. The Balaban J connectivity index is 2.93. The van der Waals surface area contributed by atoms with Crippen LogP contribution in [0.1, 0.15) is 13.8 Å². The zero-order valence-corrected chi connectivity index (χ0v) is 7.36. The van der Waals surface area contributed by atoms with Gasteiger partial charge in [0.25, 0.3) is 5.91 Å². The normalized spacial score (nSPS) is 17.6. The zero-order chi connectivity index (χ0) is 7.72. The molecule has 0 unspecified atom stereocenters. The average molecular weight is 173 g/mol. The molecule has 4 heteroatoms. The van der Waals surface area contributed by atoms with E-state index in [1.54, 1.807) is 0 Å². The molecule has 0 aromatic heterocycles. The van der Waals surface area contributed by atoms with E-state index in [-0.39, 0.29) is 5.91 Å². The summed E-state index contributed by atoms with van der Waals surface area (Å²) in [6.45, 7) is 3.80. The maximum absolute atomic E-state index is 10.9. The van der Waals surface area contributed by atoms with Crippen molar-refractivity contribution >= 4 is 34.2 Å². The summed E-state index contributed by atoms with van der Waals surface area (Å²) in [5.74, 6) is -0.0602. The number of hydrogen-bond donors (Lipinski definition) is 1. The van der Waals surface area contributed by atoms with E-state index < -0.39 is 0 Å². The molecule has 0 bridgehead atoms. The van der Waals surface area contributed by atoms with Crippen LogP contribution in [0.25, 0.3) is 0 Å². The maximum atomic E-state index is 10.9.